The van der Waals surface area contributed by atoms with Crippen molar-refractivity contribution < 1.29 is 87.9 Å². The van der Waals surface area contributed by atoms with Crippen LogP contribution in [-0.4, -0.2) is 253 Å². The van der Waals surface area contributed by atoms with Crippen LogP contribution < -0.4 is 65.1 Å². The minimum Gasteiger partial charge on any atom is -0.508 e. The molecule has 0 spiro atoms. The number of unbranched alkanes of at least 4 members (excludes halogenated alkanes) is 1. The van der Waals surface area contributed by atoms with Crippen molar-refractivity contribution in [1.29, 1.82) is 0 Å². The SMILES string of the molecule is C[C@@H](O)[C@H](NC(=O)[C@H](CCCCN)NC(=O)[C@@H](Cc1ccc(NC(N)=O)cc1)NC(=O)[C@H](Cc1ccccn1)NC(=O)[C@@H](CS)NC(=O)[C@@H](Cc1ccc(Cl)cc1)NC(=O)N1CCN(C(=O)O)CCN(C(=O)O)CCN(C(=O)O)CC1)C(=O)N[C@@H](CS)C(=O)N[C@H](Cc1ccc(O)cc1)C(N)=O. The summed E-state index contributed by atoms with van der Waals surface area (Å²) in [5, 5.41) is 73.5. The van der Waals surface area contributed by atoms with E-state index in [1.54, 1.807) is 24.3 Å². The lowest BCUT2D eigenvalue weighted by Gasteiger charge is -2.33. The lowest BCUT2D eigenvalue weighted by atomic mass is 10.0. The fourth-order valence-corrected chi connectivity index (χ4v) is 10.9. The summed E-state index contributed by atoms with van der Waals surface area (Å²) in [6.07, 6.45) is -5.23. The van der Waals surface area contributed by atoms with E-state index < -0.39 is 138 Å². The van der Waals surface area contributed by atoms with Crippen molar-refractivity contribution >= 4 is 120 Å². The summed E-state index contributed by atoms with van der Waals surface area (Å²) >= 11 is 14.7. The van der Waals surface area contributed by atoms with Gasteiger partial charge >= 0.3 is 30.3 Å². The Morgan fingerprint density at radius 1 is 0.490 bits per heavy atom. The minimum absolute atomic E-state index is 0.0521. The number of benzene rings is 3. The summed E-state index contributed by atoms with van der Waals surface area (Å²) in [7, 11) is 0. The third-order valence-electron chi connectivity index (χ3n) is 16.0. The second-order valence-corrected chi connectivity index (χ2v) is 24.7. The number of amides is 15. The molecule has 1 aliphatic heterocycles. The molecule has 35 nitrogen and oxygen atoms in total. The Bertz CT molecular complexity index is 3510. The topological polar surface area (TPSA) is 535 Å². The summed E-state index contributed by atoms with van der Waals surface area (Å²) in [4.78, 5) is 184. The number of rotatable bonds is 32. The highest BCUT2D eigenvalue weighted by Gasteiger charge is 2.37. The first-order chi connectivity index (χ1) is 48.5. The van der Waals surface area contributed by atoms with Crippen molar-refractivity contribution in [2.24, 2.45) is 17.2 Å². The number of hydrogen-bond donors (Lipinski definition) is 19. The first kappa shape index (κ1) is 82.3. The number of thiol groups is 2. The van der Waals surface area contributed by atoms with Crippen LogP contribution in [0.5, 0.6) is 5.75 Å². The van der Waals surface area contributed by atoms with Gasteiger partial charge in [-0.25, -0.2) is 24.0 Å². The number of carbonyl (C=O) groups excluding carboxylic acids is 10. The van der Waals surface area contributed by atoms with E-state index >= 15 is 0 Å². The van der Waals surface area contributed by atoms with Gasteiger partial charge in [0, 0.05) is 112 Å². The number of aromatic nitrogens is 1. The molecule has 0 saturated carbocycles. The zero-order chi connectivity index (χ0) is 75.2. The number of carboxylic acid groups (broad SMARTS) is 3. The molecule has 3 aromatic carbocycles. The molecule has 15 amide bonds. The van der Waals surface area contributed by atoms with Gasteiger partial charge in [0.1, 0.15) is 54.1 Å². The van der Waals surface area contributed by atoms with Gasteiger partial charge in [-0.05, 0) is 98.0 Å². The van der Waals surface area contributed by atoms with Crippen molar-refractivity contribution in [1.82, 2.24) is 67.1 Å². The zero-order valence-electron chi connectivity index (χ0n) is 55.4. The molecular formula is C64H86ClN17O18S2. The van der Waals surface area contributed by atoms with Gasteiger partial charge in [-0.3, -0.25) is 43.3 Å². The van der Waals surface area contributed by atoms with Crippen LogP contribution in [-0.2, 0) is 64.0 Å². The highest BCUT2D eigenvalue weighted by atomic mass is 35.5. The third-order valence-corrected chi connectivity index (χ3v) is 17.0. The third kappa shape index (κ3) is 27.3. The Hall–Kier alpha value is -10.4. The average Bonchev–Trinajstić information content (AvgIpc) is 0.851. The maximum absolute atomic E-state index is 15.0. The first-order valence-electron chi connectivity index (χ1n) is 32.1. The predicted octanol–water partition coefficient (Wildman–Crippen LogP) is -1.22. The van der Waals surface area contributed by atoms with Crippen molar-refractivity contribution in [2.45, 2.75) is 106 Å². The Morgan fingerprint density at radius 3 is 1.31 bits per heavy atom. The van der Waals surface area contributed by atoms with Crippen molar-refractivity contribution in [3.63, 3.8) is 0 Å². The normalized spacial score (nSPS) is 15.4. The maximum Gasteiger partial charge on any atom is 0.407 e. The summed E-state index contributed by atoms with van der Waals surface area (Å²) in [6, 6.07) is 8.05. The zero-order valence-corrected chi connectivity index (χ0v) is 58.0. The number of aromatic hydroxyl groups is 1. The molecule has 2 heterocycles. The van der Waals surface area contributed by atoms with Gasteiger partial charge in [0.15, 0.2) is 0 Å². The number of aliphatic hydroxyl groups excluding tert-OH is 1. The number of halogens is 1. The molecule has 1 saturated heterocycles. The number of anilines is 1. The molecule has 38 heteroatoms. The standard InChI is InChI=1S/C64H86ClN17O18S2/c1-36(83)51(59(92)76-50(35-102)57(90)72-45(52(67)85)30-39-12-18-43(84)19-13-39)78-53(86)44(7-2-4-20-66)71-54(87)46(31-38-10-16-41(17-11-38)70-60(68)93)73-56(89)48(33-42-6-3-5-21-69-42)74-58(91)49(34-101)75-55(88)47(32-37-8-14-40(65)15-9-37)77-61(94)79-22-24-80(62(95)96)26-28-82(64(99)100)29-27-81(25-23-79)63(97)98/h3,5-6,8-19,21,36,44-51,83-84,101-102H,2,4,7,20,22-35,66H2,1H3,(H2,67,85)(H,71,87)(H,72,90)(H,73,89)(H,74,91)(H,75,88)(H,76,92)(H,77,94)(H,78,86)(H,95,96)(H,97,98)(H,99,100)(H3,68,70,93)/t36-,44+,45-,46-,47-,48+,49-,50+,51+/m1/s1. The van der Waals surface area contributed by atoms with Crippen LogP contribution in [0, 0.1) is 0 Å². The monoisotopic (exact) mass is 1480 g/mol. The number of nitrogens with zero attached hydrogens (tertiary/aromatic N) is 5. The number of hydrogen-bond acceptors (Lipinski definition) is 19. The number of primary amides is 2. The largest absolute Gasteiger partial charge is 0.508 e. The fraction of sp³-hybridized carbons (Fsp3) is 0.438. The van der Waals surface area contributed by atoms with Gasteiger partial charge < -0.3 is 110 Å². The highest BCUT2D eigenvalue weighted by molar-refractivity contribution is 7.80. The molecule has 0 radical (unpaired) electrons. The summed E-state index contributed by atoms with van der Waals surface area (Å²) in [5.41, 5.74) is 18.5. The number of pyridine rings is 1. The molecule has 102 heavy (non-hydrogen) atoms. The lowest BCUT2D eigenvalue weighted by molar-refractivity contribution is -0.136. The number of nitrogens with two attached hydrogens (primary N) is 3. The Labute approximate surface area is 601 Å². The number of nitrogens with one attached hydrogen (secondary N) is 9. The lowest BCUT2D eigenvalue weighted by Crippen LogP contribution is -2.62. The van der Waals surface area contributed by atoms with Crippen LogP contribution in [0.25, 0.3) is 0 Å². The summed E-state index contributed by atoms with van der Waals surface area (Å²) < 4.78 is 0. The van der Waals surface area contributed by atoms with Crippen molar-refractivity contribution in [2.75, 3.05) is 75.7 Å². The average molecular weight is 1480 g/mol. The van der Waals surface area contributed by atoms with Gasteiger partial charge in [0.25, 0.3) is 0 Å². The van der Waals surface area contributed by atoms with E-state index in [9.17, 15) is 87.9 Å². The predicted molar refractivity (Wildman–Crippen MR) is 376 cm³/mol. The molecular weight excluding hydrogens is 1390 g/mol. The quantitative estimate of drug-likeness (QED) is 0.0201. The number of phenols is 1. The first-order valence-corrected chi connectivity index (χ1v) is 33.7. The van der Waals surface area contributed by atoms with Gasteiger partial charge in [0.05, 0.1) is 6.10 Å². The van der Waals surface area contributed by atoms with Crippen molar-refractivity contribution in [3.05, 3.63) is 125 Å². The van der Waals surface area contributed by atoms with Crippen LogP contribution in [0.4, 0.5) is 29.7 Å². The van der Waals surface area contributed by atoms with E-state index in [1.807, 2.05) is 0 Å². The van der Waals surface area contributed by atoms with Gasteiger partial charge in [0.2, 0.25) is 47.3 Å². The summed E-state index contributed by atoms with van der Waals surface area (Å²) in [5.74, 6) is -8.85. The van der Waals surface area contributed by atoms with Crippen LogP contribution >= 0.6 is 36.9 Å². The molecule has 0 bridgehead atoms. The second kappa shape index (κ2) is 41.4. The smallest absolute Gasteiger partial charge is 0.407 e. The van der Waals surface area contributed by atoms with E-state index in [2.05, 4.69) is 78.1 Å². The Balaban J connectivity index is 1.43. The summed E-state index contributed by atoms with van der Waals surface area (Å²) in [6.45, 7) is -1.53. The molecule has 1 fully saturated rings. The molecule has 554 valence electrons. The Kier molecular flexibility index (Phi) is 33.4. The van der Waals surface area contributed by atoms with Crippen LogP contribution in [0.1, 0.15) is 48.6 Å². The molecule has 5 rings (SSSR count). The van der Waals surface area contributed by atoms with E-state index in [4.69, 9.17) is 28.8 Å². The Morgan fingerprint density at radius 2 is 0.882 bits per heavy atom. The van der Waals surface area contributed by atoms with Crippen molar-refractivity contribution in [3.8, 4) is 5.75 Å². The van der Waals surface area contributed by atoms with Gasteiger partial charge in [-0.1, -0.05) is 54.1 Å². The molecule has 9 atom stereocenters. The van der Waals surface area contributed by atoms with Crippen LogP contribution in [0.3, 0.4) is 0 Å². The van der Waals surface area contributed by atoms with Gasteiger partial charge in [-0.2, -0.15) is 25.3 Å². The maximum atomic E-state index is 15.0. The molecule has 1 aliphatic rings. The minimum atomic E-state index is -1.80. The van der Waals surface area contributed by atoms with E-state index in [1.165, 1.54) is 72.9 Å². The number of carbonyl (C=O) groups is 13. The number of phenolic OH excluding ortho intramolecular Hbond substituents is 1. The second-order valence-electron chi connectivity index (χ2n) is 23.6. The molecule has 1 aromatic heterocycles. The molecule has 20 N–H and O–H groups in total. The van der Waals surface area contributed by atoms with Gasteiger partial charge in [-0.15, -0.1) is 0 Å². The van der Waals surface area contributed by atoms with Crippen LogP contribution in [0.2, 0.25) is 5.02 Å². The van der Waals surface area contributed by atoms with E-state index in [0.717, 1.165) is 26.5 Å². The molecule has 0 aliphatic carbocycles. The fourth-order valence-electron chi connectivity index (χ4n) is 10.3. The number of urea groups is 2. The molecule has 4 aromatic rings. The molecule has 0 unspecified atom stereocenters. The highest BCUT2D eigenvalue weighted by Crippen LogP contribution is 2.17. The number of aliphatic hydroxyl groups is 1. The van der Waals surface area contributed by atoms with E-state index in [-0.39, 0.29) is 120 Å². The van der Waals surface area contributed by atoms with Crippen LogP contribution in [0.15, 0.2) is 97.2 Å². The van der Waals surface area contributed by atoms with E-state index in [0.29, 0.717) is 28.1 Å².